The van der Waals surface area contributed by atoms with Crippen LogP contribution < -0.4 is 10.6 Å². The summed E-state index contributed by atoms with van der Waals surface area (Å²) >= 11 is 0. The van der Waals surface area contributed by atoms with Gasteiger partial charge >= 0.3 is 12.1 Å². The molecule has 0 radical (unpaired) electrons. The first-order valence-electron chi connectivity index (χ1n) is 11.6. The van der Waals surface area contributed by atoms with Gasteiger partial charge in [-0.3, -0.25) is 4.79 Å². The lowest BCUT2D eigenvalue weighted by molar-refractivity contribution is -0.139. The number of benzene rings is 2. The first-order valence-corrected chi connectivity index (χ1v) is 11.6. The fourth-order valence-corrected chi connectivity index (χ4v) is 4.31. The summed E-state index contributed by atoms with van der Waals surface area (Å²) < 4.78 is 7.16. The van der Waals surface area contributed by atoms with Crippen LogP contribution in [0.2, 0.25) is 0 Å². The lowest BCUT2D eigenvalue weighted by Gasteiger charge is -2.14. The van der Waals surface area contributed by atoms with Crippen LogP contribution in [-0.2, 0) is 16.1 Å². The van der Waals surface area contributed by atoms with Crippen molar-refractivity contribution in [1.29, 1.82) is 0 Å². The van der Waals surface area contributed by atoms with E-state index in [1.807, 2.05) is 31.2 Å². The summed E-state index contributed by atoms with van der Waals surface area (Å²) in [7, 11) is 0. The van der Waals surface area contributed by atoms with Crippen molar-refractivity contribution in [1.82, 2.24) is 20.2 Å². The Morgan fingerprint density at radius 3 is 2.37 bits per heavy atom. The molecule has 0 saturated carbocycles. The largest absolute Gasteiger partial charge is 0.480 e. The van der Waals surface area contributed by atoms with Crippen LogP contribution >= 0.6 is 0 Å². The maximum absolute atomic E-state index is 12.3. The quantitative estimate of drug-likeness (QED) is 0.412. The summed E-state index contributed by atoms with van der Waals surface area (Å²) in [5.41, 5.74) is 4.75. The predicted molar refractivity (Wildman–Crippen MR) is 129 cm³/mol. The van der Waals surface area contributed by atoms with Gasteiger partial charge in [-0.2, -0.15) is 0 Å². The van der Waals surface area contributed by atoms with Crippen molar-refractivity contribution in [2.45, 2.75) is 38.3 Å². The Balaban J connectivity index is 1.25. The van der Waals surface area contributed by atoms with Crippen LogP contribution in [0.4, 0.5) is 4.79 Å². The van der Waals surface area contributed by atoms with Gasteiger partial charge in [-0.1, -0.05) is 61.9 Å². The van der Waals surface area contributed by atoms with Gasteiger partial charge in [0.15, 0.2) is 0 Å². The maximum atomic E-state index is 12.3. The molecule has 1 aromatic heterocycles. The summed E-state index contributed by atoms with van der Waals surface area (Å²) in [6, 6.07) is 15.3. The van der Waals surface area contributed by atoms with E-state index >= 15 is 0 Å². The summed E-state index contributed by atoms with van der Waals surface area (Å²) in [6.07, 6.45) is 3.43. The van der Waals surface area contributed by atoms with E-state index in [-0.39, 0.29) is 24.8 Å². The Morgan fingerprint density at radius 2 is 1.74 bits per heavy atom. The molecule has 3 aromatic rings. The number of amides is 2. The molecule has 2 amide bonds. The van der Waals surface area contributed by atoms with Gasteiger partial charge in [0.2, 0.25) is 0 Å². The number of alkyl carbamates (subject to hydrolysis) is 1. The highest BCUT2D eigenvalue weighted by atomic mass is 16.5. The van der Waals surface area contributed by atoms with Crippen LogP contribution in [0.25, 0.3) is 11.1 Å². The molecule has 0 fully saturated rings. The third kappa shape index (κ3) is 5.51. The van der Waals surface area contributed by atoms with Crippen molar-refractivity contribution < 1.29 is 24.2 Å². The van der Waals surface area contributed by atoms with E-state index in [1.165, 1.54) is 23.7 Å². The zero-order chi connectivity index (χ0) is 24.8. The molecule has 35 heavy (non-hydrogen) atoms. The zero-order valence-corrected chi connectivity index (χ0v) is 19.4. The Hall–Kier alpha value is -4.14. The van der Waals surface area contributed by atoms with Crippen molar-refractivity contribution in [3.63, 3.8) is 0 Å². The van der Waals surface area contributed by atoms with E-state index in [2.05, 4.69) is 39.9 Å². The van der Waals surface area contributed by atoms with E-state index < -0.39 is 24.0 Å². The number of carbonyl (C=O) groups excluding carboxylic acids is 2. The van der Waals surface area contributed by atoms with E-state index in [9.17, 15) is 19.5 Å². The number of nitrogens with one attached hydrogen (secondary N) is 2. The summed E-state index contributed by atoms with van der Waals surface area (Å²) in [6.45, 7) is 2.74. The number of carboxylic acid groups (broad SMARTS) is 1. The number of carboxylic acids is 1. The van der Waals surface area contributed by atoms with Crippen LogP contribution in [0.1, 0.15) is 47.3 Å². The van der Waals surface area contributed by atoms with Crippen LogP contribution in [0.3, 0.4) is 0 Å². The lowest BCUT2D eigenvalue weighted by atomic mass is 9.98. The van der Waals surface area contributed by atoms with Crippen molar-refractivity contribution in [2.24, 2.45) is 0 Å². The molecule has 0 bridgehead atoms. The second-order valence-electron chi connectivity index (χ2n) is 8.40. The van der Waals surface area contributed by atoms with E-state index in [4.69, 9.17) is 4.74 Å². The minimum Gasteiger partial charge on any atom is -0.480 e. The molecule has 0 saturated heterocycles. The fraction of sp³-hybridized carbons (Fsp3) is 0.308. The van der Waals surface area contributed by atoms with Crippen molar-refractivity contribution in [2.75, 3.05) is 13.2 Å². The number of nitrogens with zero attached hydrogens (tertiary/aromatic N) is 2. The van der Waals surface area contributed by atoms with Gasteiger partial charge in [-0.15, -0.1) is 0 Å². The number of fused-ring (bicyclic) bond motifs is 3. The number of hydrogen-bond donors (Lipinski definition) is 3. The van der Waals surface area contributed by atoms with Crippen LogP contribution in [0.5, 0.6) is 0 Å². The van der Waals surface area contributed by atoms with Gasteiger partial charge in [-0.05, 0) is 28.7 Å². The third-order valence-corrected chi connectivity index (χ3v) is 6.03. The predicted octanol–water partition coefficient (Wildman–Crippen LogP) is 3.40. The average molecular weight is 477 g/mol. The molecule has 0 aliphatic heterocycles. The standard InChI is InChI=1S/C26H28N4O5/c1-2-7-22(25(32)33)29-24(31)23-14-30(16-28-23)13-12-27-26(34)35-15-21-19-10-5-3-8-17(19)18-9-4-6-11-20(18)21/h3-6,8-11,14,16,21-22H,2,7,12-13,15H2,1H3,(H,27,34)(H,29,31)(H,32,33)/t22-/m1/s1. The summed E-state index contributed by atoms with van der Waals surface area (Å²) in [5.74, 6) is -1.63. The molecule has 2 aromatic carbocycles. The molecule has 1 heterocycles. The van der Waals surface area contributed by atoms with E-state index in [0.717, 1.165) is 11.1 Å². The van der Waals surface area contributed by atoms with Gasteiger partial charge in [0, 0.05) is 25.2 Å². The van der Waals surface area contributed by atoms with Crippen molar-refractivity contribution in [3.05, 3.63) is 77.9 Å². The van der Waals surface area contributed by atoms with Gasteiger partial charge in [0.25, 0.3) is 5.91 Å². The summed E-state index contributed by atoms with van der Waals surface area (Å²) in [4.78, 5) is 39.8. The highest BCUT2D eigenvalue weighted by Crippen LogP contribution is 2.44. The molecule has 1 atom stereocenters. The second kappa shape index (κ2) is 10.9. The molecular weight excluding hydrogens is 448 g/mol. The minimum absolute atomic E-state index is 0.00907. The fourth-order valence-electron chi connectivity index (χ4n) is 4.31. The number of aliphatic carboxylic acids is 1. The van der Waals surface area contributed by atoms with E-state index in [0.29, 0.717) is 19.4 Å². The Labute approximate surface area is 203 Å². The molecular formula is C26H28N4O5. The minimum atomic E-state index is -1.08. The number of ether oxygens (including phenoxy) is 1. The molecule has 4 rings (SSSR count). The topological polar surface area (TPSA) is 123 Å². The Kier molecular flexibility index (Phi) is 7.45. The first-order chi connectivity index (χ1) is 17.0. The molecule has 1 aliphatic rings. The van der Waals surface area contributed by atoms with Gasteiger partial charge in [-0.25, -0.2) is 14.6 Å². The number of rotatable bonds is 10. The lowest BCUT2D eigenvalue weighted by Crippen LogP contribution is -2.40. The molecule has 0 spiro atoms. The zero-order valence-electron chi connectivity index (χ0n) is 19.4. The van der Waals surface area contributed by atoms with Gasteiger partial charge in [0.1, 0.15) is 18.3 Å². The molecule has 0 unspecified atom stereocenters. The SMILES string of the molecule is CCC[C@@H](NC(=O)c1cn(CCNC(=O)OCC2c3ccccc3-c3ccccc32)cn1)C(=O)O. The third-order valence-electron chi connectivity index (χ3n) is 6.03. The normalized spacial score (nSPS) is 12.9. The molecule has 9 nitrogen and oxygen atoms in total. The molecule has 3 N–H and O–H groups in total. The van der Waals surface area contributed by atoms with E-state index in [1.54, 1.807) is 4.57 Å². The highest BCUT2D eigenvalue weighted by Gasteiger charge is 2.29. The summed E-state index contributed by atoms with van der Waals surface area (Å²) in [5, 5.41) is 14.4. The Morgan fingerprint density at radius 1 is 1.09 bits per heavy atom. The number of hydrogen-bond acceptors (Lipinski definition) is 5. The number of carbonyl (C=O) groups is 3. The maximum Gasteiger partial charge on any atom is 0.407 e. The molecule has 1 aliphatic carbocycles. The number of aromatic nitrogens is 2. The monoisotopic (exact) mass is 476 g/mol. The van der Waals surface area contributed by atoms with Gasteiger partial charge in [0.05, 0.1) is 6.33 Å². The molecule has 9 heteroatoms. The van der Waals surface area contributed by atoms with Crippen LogP contribution in [0.15, 0.2) is 61.1 Å². The van der Waals surface area contributed by atoms with Gasteiger partial charge < -0.3 is 25.0 Å². The Bertz CT molecular complexity index is 1180. The smallest absolute Gasteiger partial charge is 0.407 e. The van der Waals surface area contributed by atoms with Crippen LogP contribution in [-0.4, -0.2) is 51.8 Å². The second-order valence-corrected chi connectivity index (χ2v) is 8.40. The van der Waals surface area contributed by atoms with Crippen molar-refractivity contribution >= 4 is 18.0 Å². The average Bonchev–Trinajstić information content (AvgIpc) is 3.45. The highest BCUT2D eigenvalue weighted by molar-refractivity contribution is 5.94. The number of imidazole rings is 1. The first kappa shape index (κ1) is 24.0. The van der Waals surface area contributed by atoms with Crippen molar-refractivity contribution in [3.8, 4) is 11.1 Å². The molecule has 182 valence electrons. The van der Waals surface area contributed by atoms with Crippen LogP contribution in [0, 0.1) is 0 Å².